The monoisotopic (exact) mass is 341 g/mol. The number of halogens is 1. The Labute approximate surface area is 130 Å². The summed E-state index contributed by atoms with van der Waals surface area (Å²) in [4.78, 5) is 12.4. The highest BCUT2D eigenvalue weighted by atomic mass is 79.9. The molecule has 3 nitrogen and oxygen atoms in total. The first kappa shape index (κ1) is 17.0. The molecule has 1 N–H and O–H groups in total. The molecule has 0 aliphatic carbocycles. The fourth-order valence-corrected chi connectivity index (χ4v) is 2.58. The van der Waals surface area contributed by atoms with Gasteiger partial charge in [0.15, 0.2) is 0 Å². The molecule has 1 amide bonds. The zero-order valence-electron chi connectivity index (χ0n) is 12.5. The molecule has 1 unspecified atom stereocenters. The van der Waals surface area contributed by atoms with Gasteiger partial charge in [-0.15, -0.1) is 0 Å². The van der Waals surface area contributed by atoms with Crippen LogP contribution in [0.5, 0.6) is 5.75 Å². The second kappa shape index (κ2) is 9.01. The van der Waals surface area contributed by atoms with Crippen LogP contribution in [0.1, 0.15) is 56.3 Å². The lowest BCUT2D eigenvalue weighted by Crippen LogP contribution is -2.35. The lowest BCUT2D eigenvalue weighted by molar-refractivity contribution is 0.0931. The minimum Gasteiger partial charge on any atom is -0.497 e. The van der Waals surface area contributed by atoms with Crippen LogP contribution < -0.4 is 10.1 Å². The Morgan fingerprint density at radius 1 is 1.30 bits per heavy atom. The number of amides is 1. The summed E-state index contributed by atoms with van der Waals surface area (Å²) in [6.07, 6.45) is 5.43. The minimum absolute atomic E-state index is 0.0367. The van der Waals surface area contributed by atoms with Gasteiger partial charge in [0.05, 0.1) is 12.7 Å². The number of nitrogens with one attached hydrogen (secondary N) is 1. The lowest BCUT2D eigenvalue weighted by atomic mass is 10.0. The molecule has 0 fully saturated rings. The summed E-state index contributed by atoms with van der Waals surface area (Å²) in [7, 11) is 1.60. The maximum Gasteiger partial charge on any atom is 0.252 e. The number of methoxy groups -OCH3 is 1. The molecule has 0 radical (unpaired) electrons. The Kier molecular flexibility index (Phi) is 7.67. The zero-order chi connectivity index (χ0) is 15.0. The molecule has 0 aromatic heterocycles. The Bertz CT molecular complexity index is 434. The summed E-state index contributed by atoms with van der Waals surface area (Å²) < 4.78 is 5.97. The summed E-state index contributed by atoms with van der Waals surface area (Å²) in [5.74, 6) is 0.657. The SMILES string of the molecule is CCCCC(CCC)NC(=O)c1cc(OC)ccc1Br. The molecule has 0 heterocycles. The molecule has 1 atom stereocenters. The van der Waals surface area contributed by atoms with Crippen LogP contribution in [-0.4, -0.2) is 19.1 Å². The van der Waals surface area contributed by atoms with Gasteiger partial charge < -0.3 is 10.1 Å². The summed E-state index contributed by atoms with van der Waals surface area (Å²) in [5, 5.41) is 3.14. The highest BCUT2D eigenvalue weighted by Crippen LogP contribution is 2.22. The Balaban J connectivity index is 2.77. The van der Waals surface area contributed by atoms with Crippen molar-refractivity contribution < 1.29 is 9.53 Å². The number of unbranched alkanes of at least 4 members (excludes halogenated alkanes) is 1. The van der Waals surface area contributed by atoms with Crippen molar-refractivity contribution in [2.24, 2.45) is 0 Å². The van der Waals surface area contributed by atoms with E-state index in [0.29, 0.717) is 11.3 Å². The molecular formula is C16H24BrNO2. The summed E-state index contributed by atoms with van der Waals surface area (Å²) in [6.45, 7) is 4.32. The van der Waals surface area contributed by atoms with E-state index in [1.165, 1.54) is 0 Å². The summed E-state index contributed by atoms with van der Waals surface area (Å²) in [6, 6.07) is 5.70. The molecule has 1 rings (SSSR count). The largest absolute Gasteiger partial charge is 0.497 e. The van der Waals surface area contributed by atoms with Crippen LogP contribution in [0.3, 0.4) is 0 Å². The van der Waals surface area contributed by atoms with Crippen molar-refractivity contribution >= 4 is 21.8 Å². The number of hydrogen-bond donors (Lipinski definition) is 1. The van der Waals surface area contributed by atoms with Gasteiger partial charge in [0.25, 0.3) is 5.91 Å². The molecule has 0 saturated heterocycles. The van der Waals surface area contributed by atoms with Crippen LogP contribution in [0, 0.1) is 0 Å². The molecule has 1 aromatic carbocycles. The number of rotatable bonds is 8. The summed E-state index contributed by atoms with van der Waals surface area (Å²) >= 11 is 3.43. The van der Waals surface area contributed by atoms with Crippen molar-refractivity contribution in [1.29, 1.82) is 0 Å². The standard InChI is InChI=1S/C16H24BrNO2/c1-4-6-8-12(7-5-2)18-16(19)14-11-13(20-3)9-10-15(14)17/h9-12H,4-8H2,1-3H3,(H,18,19). The van der Waals surface area contributed by atoms with Gasteiger partial charge in [-0.3, -0.25) is 4.79 Å². The normalized spacial score (nSPS) is 12.0. The predicted molar refractivity (Wildman–Crippen MR) is 86.4 cm³/mol. The van der Waals surface area contributed by atoms with Crippen LogP contribution in [0.25, 0.3) is 0 Å². The number of carbonyl (C=O) groups excluding carboxylic acids is 1. The molecule has 0 aliphatic heterocycles. The van der Waals surface area contributed by atoms with Crippen LogP contribution in [0.2, 0.25) is 0 Å². The van der Waals surface area contributed by atoms with E-state index >= 15 is 0 Å². The van der Waals surface area contributed by atoms with E-state index in [0.717, 1.165) is 36.6 Å². The fourth-order valence-electron chi connectivity index (χ4n) is 2.16. The average Bonchev–Trinajstić information content (AvgIpc) is 2.45. The summed E-state index contributed by atoms with van der Waals surface area (Å²) in [5.41, 5.74) is 0.627. The van der Waals surface area contributed by atoms with Crippen molar-refractivity contribution in [1.82, 2.24) is 5.32 Å². The zero-order valence-corrected chi connectivity index (χ0v) is 14.1. The highest BCUT2D eigenvalue weighted by Gasteiger charge is 2.15. The molecule has 0 bridgehead atoms. The molecule has 1 aromatic rings. The van der Waals surface area contributed by atoms with E-state index in [1.807, 2.05) is 12.1 Å². The van der Waals surface area contributed by atoms with Gasteiger partial charge in [-0.25, -0.2) is 0 Å². The van der Waals surface area contributed by atoms with E-state index < -0.39 is 0 Å². The maximum atomic E-state index is 12.4. The minimum atomic E-state index is -0.0367. The highest BCUT2D eigenvalue weighted by molar-refractivity contribution is 9.10. The van der Waals surface area contributed by atoms with Gasteiger partial charge in [-0.05, 0) is 47.0 Å². The Morgan fingerprint density at radius 3 is 2.65 bits per heavy atom. The molecule has 0 aliphatic rings. The topological polar surface area (TPSA) is 38.3 Å². The van der Waals surface area contributed by atoms with E-state index in [2.05, 4.69) is 35.1 Å². The number of ether oxygens (including phenoxy) is 1. The van der Waals surface area contributed by atoms with Crippen LogP contribution in [0.15, 0.2) is 22.7 Å². The number of benzene rings is 1. The van der Waals surface area contributed by atoms with Crippen molar-refractivity contribution in [2.45, 2.75) is 52.0 Å². The second-order valence-corrected chi connectivity index (χ2v) is 5.80. The van der Waals surface area contributed by atoms with Crippen molar-refractivity contribution in [3.05, 3.63) is 28.2 Å². The van der Waals surface area contributed by atoms with Gasteiger partial charge in [-0.2, -0.15) is 0 Å². The third-order valence-corrected chi connectivity index (χ3v) is 3.99. The van der Waals surface area contributed by atoms with E-state index in [1.54, 1.807) is 13.2 Å². The quantitative estimate of drug-likeness (QED) is 0.753. The van der Waals surface area contributed by atoms with Gasteiger partial charge in [-0.1, -0.05) is 33.1 Å². The van der Waals surface area contributed by atoms with Crippen molar-refractivity contribution in [2.75, 3.05) is 7.11 Å². The first-order valence-corrected chi connectivity index (χ1v) is 8.06. The first-order valence-electron chi connectivity index (χ1n) is 7.26. The lowest BCUT2D eigenvalue weighted by Gasteiger charge is -2.18. The van der Waals surface area contributed by atoms with Gasteiger partial charge in [0, 0.05) is 10.5 Å². The molecule has 20 heavy (non-hydrogen) atoms. The van der Waals surface area contributed by atoms with Crippen molar-refractivity contribution in [3.8, 4) is 5.75 Å². The fraction of sp³-hybridized carbons (Fsp3) is 0.562. The van der Waals surface area contributed by atoms with E-state index in [9.17, 15) is 4.79 Å². The predicted octanol–water partition coefficient (Wildman–Crippen LogP) is 4.55. The molecule has 0 saturated carbocycles. The number of hydrogen-bond acceptors (Lipinski definition) is 2. The first-order chi connectivity index (χ1) is 9.62. The van der Waals surface area contributed by atoms with Crippen molar-refractivity contribution in [3.63, 3.8) is 0 Å². The maximum absolute atomic E-state index is 12.4. The Hall–Kier alpha value is -1.03. The molecule has 0 spiro atoms. The van der Waals surface area contributed by atoms with Crippen LogP contribution in [0.4, 0.5) is 0 Å². The Morgan fingerprint density at radius 2 is 2.05 bits per heavy atom. The van der Waals surface area contributed by atoms with E-state index in [-0.39, 0.29) is 11.9 Å². The van der Waals surface area contributed by atoms with Gasteiger partial charge >= 0.3 is 0 Å². The number of carbonyl (C=O) groups is 1. The molecular weight excluding hydrogens is 318 g/mol. The molecule has 4 heteroatoms. The molecule has 112 valence electrons. The average molecular weight is 342 g/mol. The van der Waals surface area contributed by atoms with Crippen LogP contribution >= 0.6 is 15.9 Å². The van der Waals surface area contributed by atoms with E-state index in [4.69, 9.17) is 4.74 Å². The van der Waals surface area contributed by atoms with Gasteiger partial charge in [0.2, 0.25) is 0 Å². The second-order valence-electron chi connectivity index (χ2n) is 4.95. The third-order valence-electron chi connectivity index (χ3n) is 3.30. The van der Waals surface area contributed by atoms with Crippen LogP contribution in [-0.2, 0) is 0 Å². The smallest absolute Gasteiger partial charge is 0.252 e. The van der Waals surface area contributed by atoms with Gasteiger partial charge in [0.1, 0.15) is 5.75 Å². The third kappa shape index (κ3) is 5.16.